The van der Waals surface area contributed by atoms with Crippen LogP contribution in [0.4, 0.5) is 0 Å². The van der Waals surface area contributed by atoms with Gasteiger partial charge in [0.25, 0.3) is 0 Å². The van der Waals surface area contributed by atoms with E-state index in [9.17, 15) is 0 Å². The topological polar surface area (TPSA) is 3.24 Å². The summed E-state index contributed by atoms with van der Waals surface area (Å²) in [5, 5.41) is 0. The van der Waals surface area contributed by atoms with E-state index in [1.54, 1.807) is 0 Å². The Bertz CT molecular complexity index is 119. The van der Waals surface area contributed by atoms with Crippen molar-refractivity contribution in [1.82, 2.24) is 4.90 Å². The highest BCUT2D eigenvalue weighted by Gasteiger charge is 1.99. The average Bonchev–Trinajstić information content (AvgIpc) is 2.12. The Morgan fingerprint density at radius 2 is 1.75 bits per heavy atom. The van der Waals surface area contributed by atoms with Crippen LogP contribution >= 0.6 is 12.2 Å². The van der Waals surface area contributed by atoms with Crippen LogP contribution in [0.15, 0.2) is 0 Å². The zero-order valence-electron chi connectivity index (χ0n) is 8.60. The highest BCUT2D eigenvalue weighted by Crippen LogP contribution is 1.99. The number of rotatable bonds is 7. The molecule has 0 aliphatic carbocycles. The second kappa shape index (κ2) is 7.69. The van der Waals surface area contributed by atoms with Crippen molar-refractivity contribution in [3.8, 4) is 0 Å². The SMILES string of the molecule is CCC(=S)CCCN(CC)CC. The summed E-state index contributed by atoms with van der Waals surface area (Å²) in [4.78, 5) is 3.67. The van der Waals surface area contributed by atoms with Gasteiger partial charge in [-0.2, -0.15) is 0 Å². The molecule has 0 aromatic carbocycles. The zero-order chi connectivity index (χ0) is 9.40. The second-order valence-corrected chi connectivity index (χ2v) is 3.60. The lowest BCUT2D eigenvalue weighted by Crippen LogP contribution is -2.24. The van der Waals surface area contributed by atoms with Crippen molar-refractivity contribution in [3.63, 3.8) is 0 Å². The van der Waals surface area contributed by atoms with Crippen LogP contribution in [0, 0.1) is 0 Å². The van der Waals surface area contributed by atoms with E-state index in [4.69, 9.17) is 12.2 Å². The van der Waals surface area contributed by atoms with E-state index < -0.39 is 0 Å². The molecule has 72 valence electrons. The molecule has 0 N–H and O–H groups in total. The fourth-order valence-electron chi connectivity index (χ4n) is 1.22. The highest BCUT2D eigenvalue weighted by atomic mass is 32.1. The van der Waals surface area contributed by atoms with E-state index >= 15 is 0 Å². The summed E-state index contributed by atoms with van der Waals surface area (Å²) in [6.45, 7) is 10.1. The van der Waals surface area contributed by atoms with Crippen molar-refractivity contribution in [2.45, 2.75) is 40.0 Å². The summed E-state index contributed by atoms with van der Waals surface area (Å²) < 4.78 is 0. The molecule has 12 heavy (non-hydrogen) atoms. The average molecular weight is 187 g/mol. The van der Waals surface area contributed by atoms with Crippen molar-refractivity contribution in [3.05, 3.63) is 0 Å². The molecule has 0 saturated heterocycles. The van der Waals surface area contributed by atoms with Gasteiger partial charge in [0.1, 0.15) is 0 Å². The van der Waals surface area contributed by atoms with Gasteiger partial charge in [-0.25, -0.2) is 0 Å². The Labute approximate surface area is 82.1 Å². The molecule has 0 heterocycles. The van der Waals surface area contributed by atoms with Gasteiger partial charge in [0.05, 0.1) is 0 Å². The second-order valence-electron chi connectivity index (χ2n) is 3.02. The lowest BCUT2D eigenvalue weighted by Gasteiger charge is -2.17. The molecule has 0 aromatic rings. The largest absolute Gasteiger partial charge is 0.304 e. The molecular weight excluding hydrogens is 166 g/mol. The summed E-state index contributed by atoms with van der Waals surface area (Å²) in [5.41, 5.74) is 0. The predicted octanol–water partition coefficient (Wildman–Crippen LogP) is 2.89. The molecule has 0 amide bonds. The van der Waals surface area contributed by atoms with Gasteiger partial charge in [0.2, 0.25) is 0 Å². The smallest absolute Gasteiger partial charge is 0.00156 e. The van der Waals surface area contributed by atoms with Crippen LogP contribution in [-0.2, 0) is 0 Å². The fourth-order valence-corrected chi connectivity index (χ4v) is 1.36. The van der Waals surface area contributed by atoms with Gasteiger partial charge in [-0.15, -0.1) is 0 Å². The van der Waals surface area contributed by atoms with Crippen LogP contribution in [0.1, 0.15) is 40.0 Å². The van der Waals surface area contributed by atoms with Crippen LogP contribution < -0.4 is 0 Å². The van der Waals surface area contributed by atoms with E-state index in [1.807, 2.05) is 0 Å². The van der Waals surface area contributed by atoms with E-state index in [0.717, 1.165) is 25.9 Å². The van der Waals surface area contributed by atoms with Gasteiger partial charge in [0, 0.05) is 0 Å². The normalized spacial score (nSPS) is 10.7. The van der Waals surface area contributed by atoms with Crippen LogP contribution in [0.25, 0.3) is 0 Å². The molecule has 2 heteroatoms. The van der Waals surface area contributed by atoms with Gasteiger partial charge in [-0.1, -0.05) is 33.0 Å². The van der Waals surface area contributed by atoms with Gasteiger partial charge in [0.15, 0.2) is 0 Å². The van der Waals surface area contributed by atoms with Crippen molar-refractivity contribution in [2.75, 3.05) is 19.6 Å². The Kier molecular flexibility index (Phi) is 7.72. The maximum absolute atomic E-state index is 5.16. The van der Waals surface area contributed by atoms with E-state index in [1.165, 1.54) is 17.8 Å². The highest BCUT2D eigenvalue weighted by molar-refractivity contribution is 7.80. The zero-order valence-corrected chi connectivity index (χ0v) is 9.41. The Balaban J connectivity index is 3.34. The number of thiocarbonyl (C=S) groups is 1. The molecule has 0 radical (unpaired) electrons. The third-order valence-corrected chi connectivity index (χ3v) is 2.71. The monoisotopic (exact) mass is 187 g/mol. The van der Waals surface area contributed by atoms with Crippen molar-refractivity contribution < 1.29 is 0 Å². The maximum atomic E-state index is 5.16. The predicted molar refractivity (Wildman–Crippen MR) is 59.9 cm³/mol. The molecule has 0 bridgehead atoms. The summed E-state index contributed by atoms with van der Waals surface area (Å²) in [6, 6.07) is 0. The first-order valence-electron chi connectivity index (χ1n) is 4.98. The summed E-state index contributed by atoms with van der Waals surface area (Å²) in [7, 11) is 0. The Morgan fingerprint density at radius 3 is 2.17 bits per heavy atom. The third-order valence-electron chi connectivity index (χ3n) is 2.22. The van der Waals surface area contributed by atoms with E-state index in [2.05, 4.69) is 25.7 Å². The lowest BCUT2D eigenvalue weighted by molar-refractivity contribution is 0.302. The Morgan fingerprint density at radius 1 is 1.17 bits per heavy atom. The fraction of sp³-hybridized carbons (Fsp3) is 0.900. The van der Waals surface area contributed by atoms with Crippen LogP contribution in [-0.4, -0.2) is 29.4 Å². The third kappa shape index (κ3) is 5.67. The molecule has 0 spiro atoms. The number of nitrogens with zero attached hydrogens (tertiary/aromatic N) is 1. The van der Waals surface area contributed by atoms with Crippen LogP contribution in [0.5, 0.6) is 0 Å². The van der Waals surface area contributed by atoms with Crippen LogP contribution in [0.3, 0.4) is 0 Å². The van der Waals surface area contributed by atoms with Crippen molar-refractivity contribution >= 4 is 17.1 Å². The van der Waals surface area contributed by atoms with E-state index in [0.29, 0.717) is 0 Å². The van der Waals surface area contributed by atoms with Gasteiger partial charge < -0.3 is 4.90 Å². The minimum atomic E-state index is 1.06. The molecule has 0 aliphatic heterocycles. The number of hydrogen-bond donors (Lipinski definition) is 0. The standard InChI is InChI=1S/C10H21NS/c1-4-10(12)8-7-9-11(5-2)6-3/h4-9H2,1-3H3. The van der Waals surface area contributed by atoms with Crippen molar-refractivity contribution in [2.24, 2.45) is 0 Å². The minimum Gasteiger partial charge on any atom is -0.304 e. The molecule has 0 fully saturated rings. The molecule has 0 atom stereocenters. The summed E-state index contributed by atoms with van der Waals surface area (Å²) in [6.07, 6.45) is 3.42. The summed E-state index contributed by atoms with van der Waals surface area (Å²) in [5.74, 6) is 0. The lowest BCUT2D eigenvalue weighted by atomic mass is 10.2. The molecule has 0 aliphatic rings. The molecule has 0 aromatic heterocycles. The van der Waals surface area contributed by atoms with Gasteiger partial charge in [-0.05, 0) is 43.8 Å². The number of hydrogen-bond acceptors (Lipinski definition) is 2. The van der Waals surface area contributed by atoms with Gasteiger partial charge >= 0.3 is 0 Å². The summed E-state index contributed by atoms with van der Waals surface area (Å²) >= 11 is 5.16. The van der Waals surface area contributed by atoms with E-state index in [-0.39, 0.29) is 0 Å². The molecule has 1 nitrogen and oxygen atoms in total. The van der Waals surface area contributed by atoms with Crippen molar-refractivity contribution in [1.29, 1.82) is 0 Å². The first-order chi connectivity index (χ1) is 5.74. The molecule has 0 unspecified atom stereocenters. The first-order valence-corrected chi connectivity index (χ1v) is 5.39. The molecule has 0 rings (SSSR count). The van der Waals surface area contributed by atoms with Crippen LogP contribution in [0.2, 0.25) is 0 Å². The van der Waals surface area contributed by atoms with Gasteiger partial charge in [-0.3, -0.25) is 0 Å². The maximum Gasteiger partial charge on any atom is -0.00156 e. The minimum absolute atomic E-state index is 1.06. The molecule has 0 saturated carbocycles. The first kappa shape index (κ1) is 12.0. The quantitative estimate of drug-likeness (QED) is 0.564. The molecular formula is C10H21NS. The Hall–Kier alpha value is 0.0500.